The van der Waals surface area contributed by atoms with Crippen molar-refractivity contribution in [2.75, 3.05) is 38.1 Å². The molecule has 0 unspecified atom stereocenters. The van der Waals surface area contributed by atoms with Crippen molar-refractivity contribution in [3.05, 3.63) is 59.9 Å². The zero-order chi connectivity index (χ0) is 19.1. The predicted octanol–water partition coefficient (Wildman–Crippen LogP) is 1.19. The smallest absolute Gasteiger partial charge is 0.411 e. The molecular weight excluding hydrogens is 344 g/mol. The highest BCUT2D eigenvalue weighted by atomic mass is 16.5. The number of hydrogen-bond donors (Lipinski definition) is 2. The van der Waals surface area contributed by atoms with Crippen molar-refractivity contribution in [2.24, 2.45) is 0 Å². The monoisotopic (exact) mass is 369 g/mol. The molecule has 1 saturated heterocycles. The van der Waals surface area contributed by atoms with E-state index >= 15 is 0 Å². The zero-order valence-electron chi connectivity index (χ0n) is 15.5. The molecule has 1 aliphatic rings. The number of aromatic nitrogens is 1. The predicted molar refractivity (Wildman–Crippen MR) is 102 cm³/mol. The average Bonchev–Trinajstić information content (AvgIpc) is 2.70. The van der Waals surface area contributed by atoms with E-state index in [1.165, 1.54) is 10.5 Å². The van der Waals surface area contributed by atoms with E-state index in [1.54, 1.807) is 31.2 Å². The number of quaternary nitrogens is 1. The van der Waals surface area contributed by atoms with Crippen LogP contribution in [-0.2, 0) is 11.3 Å². The van der Waals surface area contributed by atoms with Gasteiger partial charge in [0.15, 0.2) is 0 Å². The molecule has 2 N–H and O–H groups in total. The first-order chi connectivity index (χ1) is 13.2. The number of pyridine rings is 1. The first kappa shape index (κ1) is 18.8. The van der Waals surface area contributed by atoms with Gasteiger partial charge in [-0.1, -0.05) is 0 Å². The standard InChI is InChI=1S/C20H24N4O3/c1-2-27-20(26)22-18-5-3-17(4-6-18)19(25)24-13-11-23(12-14-24)15-16-7-9-21-10-8-16/h3-10H,2,11-15H2,1H3,(H,22,26)/p+1. The van der Waals surface area contributed by atoms with E-state index < -0.39 is 6.09 Å². The third-order valence-electron chi connectivity index (χ3n) is 4.61. The van der Waals surface area contributed by atoms with Gasteiger partial charge in [-0.15, -0.1) is 0 Å². The molecule has 1 aromatic heterocycles. The first-order valence-electron chi connectivity index (χ1n) is 9.21. The summed E-state index contributed by atoms with van der Waals surface area (Å²) in [5.74, 6) is 0.0284. The number of nitrogens with zero attached hydrogens (tertiary/aromatic N) is 2. The van der Waals surface area contributed by atoms with Crippen molar-refractivity contribution in [1.29, 1.82) is 0 Å². The highest BCUT2D eigenvalue weighted by Gasteiger charge is 2.24. The maximum Gasteiger partial charge on any atom is 0.411 e. The van der Waals surface area contributed by atoms with Crippen LogP contribution in [0.5, 0.6) is 0 Å². The molecule has 7 heteroatoms. The molecule has 0 saturated carbocycles. The Morgan fingerprint density at radius 2 is 1.78 bits per heavy atom. The zero-order valence-corrected chi connectivity index (χ0v) is 15.5. The van der Waals surface area contributed by atoms with Crippen molar-refractivity contribution in [3.63, 3.8) is 0 Å². The number of carbonyl (C=O) groups excluding carboxylic acids is 2. The Balaban J connectivity index is 1.51. The Hall–Kier alpha value is -2.93. The minimum Gasteiger partial charge on any atom is -0.450 e. The van der Waals surface area contributed by atoms with Gasteiger partial charge in [-0.05, 0) is 43.3 Å². The Labute approximate surface area is 158 Å². The summed E-state index contributed by atoms with van der Waals surface area (Å²) in [5.41, 5.74) is 2.50. The summed E-state index contributed by atoms with van der Waals surface area (Å²) in [7, 11) is 0. The highest BCUT2D eigenvalue weighted by Crippen LogP contribution is 2.12. The van der Waals surface area contributed by atoms with Crippen LogP contribution >= 0.6 is 0 Å². The third kappa shape index (κ3) is 5.27. The highest BCUT2D eigenvalue weighted by molar-refractivity contribution is 5.95. The normalized spacial score (nSPS) is 14.6. The molecule has 0 spiro atoms. The quantitative estimate of drug-likeness (QED) is 0.830. The van der Waals surface area contributed by atoms with Gasteiger partial charge >= 0.3 is 6.09 Å². The van der Waals surface area contributed by atoms with Crippen LogP contribution in [0.3, 0.4) is 0 Å². The van der Waals surface area contributed by atoms with Crippen LogP contribution in [0.1, 0.15) is 22.8 Å². The van der Waals surface area contributed by atoms with E-state index in [1.807, 2.05) is 29.4 Å². The fourth-order valence-electron chi connectivity index (χ4n) is 3.16. The second-order valence-corrected chi connectivity index (χ2v) is 6.50. The molecule has 2 amide bonds. The van der Waals surface area contributed by atoms with Crippen molar-refractivity contribution in [1.82, 2.24) is 9.88 Å². The lowest BCUT2D eigenvalue weighted by molar-refractivity contribution is -0.917. The molecule has 0 radical (unpaired) electrons. The van der Waals surface area contributed by atoms with Crippen molar-refractivity contribution >= 4 is 17.7 Å². The van der Waals surface area contributed by atoms with Gasteiger partial charge in [0.1, 0.15) is 6.54 Å². The molecular formula is C20H25N4O3+. The van der Waals surface area contributed by atoms with E-state index in [0.29, 0.717) is 17.9 Å². The first-order valence-corrected chi connectivity index (χ1v) is 9.21. The summed E-state index contributed by atoms with van der Waals surface area (Å²) >= 11 is 0. The molecule has 2 heterocycles. The van der Waals surface area contributed by atoms with Gasteiger partial charge < -0.3 is 14.5 Å². The minimum atomic E-state index is -0.495. The molecule has 142 valence electrons. The van der Waals surface area contributed by atoms with Crippen LogP contribution in [-0.4, -0.2) is 54.7 Å². The van der Waals surface area contributed by atoms with E-state index in [0.717, 1.165) is 32.7 Å². The lowest BCUT2D eigenvalue weighted by Crippen LogP contribution is -3.13. The number of hydrogen-bond acceptors (Lipinski definition) is 4. The molecule has 2 aromatic rings. The van der Waals surface area contributed by atoms with Crippen molar-refractivity contribution < 1.29 is 19.2 Å². The molecule has 1 aliphatic heterocycles. The lowest BCUT2D eigenvalue weighted by Gasteiger charge is -2.32. The molecule has 0 bridgehead atoms. The summed E-state index contributed by atoms with van der Waals surface area (Å²) < 4.78 is 4.84. The van der Waals surface area contributed by atoms with Crippen LogP contribution in [0.4, 0.5) is 10.5 Å². The van der Waals surface area contributed by atoms with Gasteiger partial charge in [-0.2, -0.15) is 0 Å². The second kappa shape index (κ2) is 9.14. The van der Waals surface area contributed by atoms with E-state index in [2.05, 4.69) is 10.3 Å². The summed E-state index contributed by atoms with van der Waals surface area (Å²) in [6.45, 7) is 6.35. The van der Waals surface area contributed by atoms with Gasteiger partial charge in [0, 0.05) is 29.2 Å². The summed E-state index contributed by atoms with van der Waals surface area (Å²) in [6, 6.07) is 11.0. The molecule has 7 nitrogen and oxygen atoms in total. The van der Waals surface area contributed by atoms with Crippen molar-refractivity contribution in [2.45, 2.75) is 13.5 Å². The fourth-order valence-corrected chi connectivity index (χ4v) is 3.16. The average molecular weight is 369 g/mol. The van der Waals surface area contributed by atoms with Crippen LogP contribution in [0, 0.1) is 0 Å². The van der Waals surface area contributed by atoms with Gasteiger partial charge in [0.25, 0.3) is 5.91 Å². The van der Waals surface area contributed by atoms with E-state index in [4.69, 9.17) is 4.74 Å². The largest absolute Gasteiger partial charge is 0.450 e. The van der Waals surface area contributed by atoms with Gasteiger partial charge in [-0.25, -0.2) is 4.79 Å². The Kier molecular flexibility index (Phi) is 6.38. The summed E-state index contributed by atoms with van der Waals surface area (Å²) in [6.07, 6.45) is 3.13. The molecule has 1 aromatic carbocycles. The number of ether oxygens (including phenoxy) is 1. The lowest BCUT2D eigenvalue weighted by atomic mass is 10.1. The van der Waals surface area contributed by atoms with Crippen LogP contribution < -0.4 is 10.2 Å². The number of carbonyl (C=O) groups is 2. The minimum absolute atomic E-state index is 0.0284. The number of benzene rings is 1. The summed E-state index contributed by atoms with van der Waals surface area (Å²) in [4.78, 5) is 31.5. The number of piperazine rings is 1. The molecule has 0 atom stereocenters. The van der Waals surface area contributed by atoms with Crippen LogP contribution in [0.15, 0.2) is 48.8 Å². The van der Waals surface area contributed by atoms with Gasteiger partial charge in [-0.3, -0.25) is 15.1 Å². The second-order valence-electron chi connectivity index (χ2n) is 6.50. The molecule has 3 rings (SSSR count). The van der Waals surface area contributed by atoms with Gasteiger partial charge in [0.2, 0.25) is 0 Å². The van der Waals surface area contributed by atoms with Crippen LogP contribution in [0.25, 0.3) is 0 Å². The molecule has 27 heavy (non-hydrogen) atoms. The summed E-state index contributed by atoms with van der Waals surface area (Å²) in [5, 5.41) is 2.62. The topological polar surface area (TPSA) is 76.0 Å². The number of amides is 2. The molecule has 1 fully saturated rings. The number of nitrogens with one attached hydrogen (secondary N) is 2. The SMILES string of the molecule is CCOC(=O)Nc1ccc(C(=O)N2CC[NH+](Cc3ccncc3)CC2)cc1. The third-order valence-corrected chi connectivity index (χ3v) is 4.61. The maximum absolute atomic E-state index is 12.7. The van der Waals surface area contributed by atoms with E-state index in [-0.39, 0.29) is 5.91 Å². The Bertz CT molecular complexity index is 757. The Morgan fingerprint density at radius 3 is 2.41 bits per heavy atom. The van der Waals surface area contributed by atoms with Gasteiger partial charge in [0.05, 0.1) is 32.8 Å². The fraction of sp³-hybridized carbons (Fsp3) is 0.350. The van der Waals surface area contributed by atoms with E-state index in [9.17, 15) is 9.59 Å². The van der Waals surface area contributed by atoms with Crippen molar-refractivity contribution in [3.8, 4) is 0 Å². The van der Waals surface area contributed by atoms with Crippen LogP contribution in [0.2, 0.25) is 0 Å². The number of rotatable bonds is 5. The molecule has 0 aliphatic carbocycles. The Morgan fingerprint density at radius 1 is 1.11 bits per heavy atom. The maximum atomic E-state index is 12.7. The number of anilines is 1.